The van der Waals surface area contributed by atoms with E-state index in [1.54, 1.807) is 12.1 Å². The van der Waals surface area contributed by atoms with E-state index in [1.807, 2.05) is 12.1 Å². The Morgan fingerprint density at radius 3 is 2.89 bits per heavy atom. The zero-order valence-electron chi connectivity index (χ0n) is 10.9. The number of rotatable bonds is 5. The van der Waals surface area contributed by atoms with Crippen molar-refractivity contribution in [3.63, 3.8) is 0 Å². The van der Waals surface area contributed by atoms with Crippen LogP contribution in [0.3, 0.4) is 0 Å². The van der Waals surface area contributed by atoms with E-state index in [0.29, 0.717) is 24.1 Å². The highest BCUT2D eigenvalue weighted by atomic mass is 16.5. The quantitative estimate of drug-likeness (QED) is 0.791. The number of nitrogens with one attached hydrogen (secondary N) is 1. The lowest BCUT2D eigenvalue weighted by molar-refractivity contribution is -0.118. The minimum absolute atomic E-state index is 0.00252. The Labute approximate surface area is 112 Å². The van der Waals surface area contributed by atoms with Crippen molar-refractivity contribution in [1.82, 2.24) is 5.32 Å². The van der Waals surface area contributed by atoms with Crippen LogP contribution < -0.4 is 10.1 Å². The first-order chi connectivity index (χ1) is 9.08. The summed E-state index contributed by atoms with van der Waals surface area (Å²) in [5.41, 5.74) is 0.926. The Bertz CT molecular complexity index is 530. The molecule has 19 heavy (non-hydrogen) atoms. The number of carbonyl (C=O) groups is 1. The van der Waals surface area contributed by atoms with Gasteiger partial charge >= 0.3 is 0 Å². The van der Waals surface area contributed by atoms with Gasteiger partial charge in [-0.15, -0.1) is 0 Å². The Hall–Kier alpha value is -2.48. The molecule has 100 valence electrons. The molecule has 0 saturated carbocycles. The maximum atomic E-state index is 10.7. The molecule has 0 atom stereocenters. The molecule has 0 aliphatic carbocycles. The number of hydrogen-bond acceptors (Lipinski definition) is 4. The molecule has 0 radical (unpaired) electrons. The zero-order valence-corrected chi connectivity index (χ0v) is 10.9. The Kier molecular flexibility index (Phi) is 5.42. The minimum atomic E-state index is -0.0793. The second-order valence-electron chi connectivity index (χ2n) is 3.90. The number of aromatic hydroxyl groups is 1. The highest BCUT2D eigenvalue weighted by molar-refractivity contribution is 5.72. The van der Waals surface area contributed by atoms with Crippen LogP contribution in [0.15, 0.2) is 18.2 Å². The number of phenolic OH excluding ortho intramolecular Hbond substituents is 1. The summed E-state index contributed by atoms with van der Waals surface area (Å²) in [6.45, 7) is 1.98. The molecule has 0 aliphatic heterocycles. The Morgan fingerprint density at radius 1 is 1.58 bits per heavy atom. The smallest absolute Gasteiger partial charge is 0.216 e. The second-order valence-corrected chi connectivity index (χ2v) is 3.90. The molecule has 0 bridgehead atoms. The third-order valence-electron chi connectivity index (χ3n) is 2.44. The lowest BCUT2D eigenvalue weighted by Crippen LogP contribution is -2.20. The van der Waals surface area contributed by atoms with E-state index in [0.717, 1.165) is 0 Å². The molecule has 0 aromatic heterocycles. The number of carbonyl (C=O) groups excluding carboxylic acids is 1. The maximum Gasteiger partial charge on any atom is 0.216 e. The van der Waals surface area contributed by atoms with E-state index in [9.17, 15) is 9.90 Å². The van der Waals surface area contributed by atoms with Gasteiger partial charge in [0.2, 0.25) is 5.91 Å². The first-order valence-electron chi connectivity index (χ1n) is 5.80. The number of methoxy groups -OCH3 is 1. The van der Waals surface area contributed by atoms with Gasteiger partial charge in [0, 0.05) is 25.1 Å². The molecule has 0 saturated heterocycles. The predicted octanol–water partition coefficient (Wildman–Crippen LogP) is 1.81. The van der Waals surface area contributed by atoms with Crippen LogP contribution in [-0.2, 0) is 4.79 Å². The van der Waals surface area contributed by atoms with Crippen molar-refractivity contribution in [3.05, 3.63) is 29.3 Å². The third-order valence-corrected chi connectivity index (χ3v) is 2.44. The van der Waals surface area contributed by atoms with Gasteiger partial charge in [-0.3, -0.25) is 4.79 Å². The fourth-order valence-corrected chi connectivity index (χ4v) is 1.52. The monoisotopic (exact) mass is 260 g/mol. The summed E-state index contributed by atoms with van der Waals surface area (Å²) in [4.78, 5) is 10.7. The Balaban J connectivity index is 2.80. The van der Waals surface area contributed by atoms with E-state index in [2.05, 4.69) is 5.32 Å². The summed E-state index contributed by atoms with van der Waals surface area (Å²) < 4.78 is 5.00. The van der Waals surface area contributed by atoms with Crippen molar-refractivity contribution in [2.75, 3.05) is 13.7 Å². The van der Waals surface area contributed by atoms with E-state index in [1.165, 1.54) is 20.1 Å². The molecule has 0 heterocycles. The van der Waals surface area contributed by atoms with Crippen molar-refractivity contribution in [3.8, 4) is 17.6 Å². The van der Waals surface area contributed by atoms with Gasteiger partial charge in [-0.1, -0.05) is 12.2 Å². The molecule has 0 fully saturated rings. The summed E-state index contributed by atoms with van der Waals surface area (Å²) in [5.74, 6) is 0.183. The van der Waals surface area contributed by atoms with Gasteiger partial charge in [0.05, 0.1) is 18.7 Å². The average Bonchev–Trinajstić information content (AvgIpc) is 2.39. The molecular weight excluding hydrogens is 244 g/mol. The van der Waals surface area contributed by atoms with Gasteiger partial charge in [0.1, 0.15) is 0 Å². The predicted molar refractivity (Wildman–Crippen MR) is 71.7 cm³/mol. The molecule has 2 N–H and O–H groups in total. The van der Waals surface area contributed by atoms with Gasteiger partial charge in [-0.05, 0) is 12.5 Å². The van der Waals surface area contributed by atoms with Gasteiger partial charge < -0.3 is 15.2 Å². The number of benzene rings is 1. The maximum absolute atomic E-state index is 10.7. The molecule has 0 unspecified atom stereocenters. The summed E-state index contributed by atoms with van der Waals surface area (Å²) in [5, 5.41) is 21.4. The number of nitrogens with zero attached hydrogens (tertiary/aromatic N) is 1. The van der Waals surface area contributed by atoms with Gasteiger partial charge in [-0.25, -0.2) is 0 Å². The van der Waals surface area contributed by atoms with Crippen LogP contribution in [-0.4, -0.2) is 24.7 Å². The molecule has 1 aromatic rings. The average molecular weight is 260 g/mol. The van der Waals surface area contributed by atoms with Crippen molar-refractivity contribution < 1.29 is 14.6 Å². The van der Waals surface area contributed by atoms with Crippen LogP contribution in [0, 0.1) is 11.3 Å². The van der Waals surface area contributed by atoms with Crippen molar-refractivity contribution in [2.45, 2.75) is 13.3 Å². The summed E-state index contributed by atoms with van der Waals surface area (Å²) in [6, 6.07) is 5.06. The topological polar surface area (TPSA) is 82.3 Å². The molecule has 1 aromatic carbocycles. The molecule has 0 aliphatic rings. The first kappa shape index (κ1) is 14.6. The SMILES string of the molecule is COc1cc(C#N)cc(C=CCCNC(C)=O)c1O. The second kappa shape index (κ2) is 7.07. The number of hydrogen-bond donors (Lipinski definition) is 2. The minimum Gasteiger partial charge on any atom is -0.504 e. The number of ether oxygens (including phenoxy) is 1. The molecule has 5 nitrogen and oxygen atoms in total. The van der Waals surface area contributed by atoms with E-state index in [4.69, 9.17) is 10.00 Å². The largest absolute Gasteiger partial charge is 0.504 e. The standard InChI is InChI=1S/C14H16N2O3/c1-10(17)16-6-4-3-5-12-7-11(9-15)8-13(19-2)14(12)18/h3,5,7-8,18H,4,6H2,1-2H3,(H,16,17). The van der Waals surface area contributed by atoms with Crippen LogP contribution in [0.5, 0.6) is 11.5 Å². The molecule has 5 heteroatoms. The molecule has 1 rings (SSSR count). The van der Waals surface area contributed by atoms with Gasteiger partial charge in [0.25, 0.3) is 0 Å². The number of amides is 1. The van der Waals surface area contributed by atoms with E-state index in [-0.39, 0.29) is 17.4 Å². The van der Waals surface area contributed by atoms with Crippen molar-refractivity contribution in [1.29, 1.82) is 5.26 Å². The van der Waals surface area contributed by atoms with E-state index < -0.39 is 0 Å². The van der Waals surface area contributed by atoms with Gasteiger partial charge in [-0.2, -0.15) is 5.26 Å². The first-order valence-corrected chi connectivity index (χ1v) is 5.80. The van der Waals surface area contributed by atoms with Crippen LogP contribution >= 0.6 is 0 Å². The zero-order chi connectivity index (χ0) is 14.3. The number of nitriles is 1. The highest BCUT2D eigenvalue weighted by Crippen LogP contribution is 2.32. The molecule has 0 spiro atoms. The summed E-state index contributed by atoms with van der Waals surface area (Å²) >= 11 is 0. The summed E-state index contributed by atoms with van der Waals surface area (Å²) in [6.07, 6.45) is 4.14. The van der Waals surface area contributed by atoms with Crippen LogP contribution in [0.2, 0.25) is 0 Å². The Morgan fingerprint density at radius 2 is 2.32 bits per heavy atom. The lowest BCUT2D eigenvalue weighted by atomic mass is 10.1. The van der Waals surface area contributed by atoms with Crippen molar-refractivity contribution >= 4 is 12.0 Å². The van der Waals surface area contributed by atoms with E-state index >= 15 is 0 Å². The fourth-order valence-electron chi connectivity index (χ4n) is 1.52. The molecule has 1 amide bonds. The number of phenols is 1. The third kappa shape index (κ3) is 4.36. The fraction of sp³-hybridized carbons (Fsp3) is 0.286. The molecular formula is C14H16N2O3. The lowest BCUT2D eigenvalue weighted by Gasteiger charge is -2.06. The highest BCUT2D eigenvalue weighted by Gasteiger charge is 2.08. The summed E-state index contributed by atoms with van der Waals surface area (Å²) in [7, 11) is 1.43. The van der Waals surface area contributed by atoms with Crippen LogP contribution in [0.25, 0.3) is 6.08 Å². The van der Waals surface area contributed by atoms with Crippen molar-refractivity contribution in [2.24, 2.45) is 0 Å². The van der Waals surface area contributed by atoms with Gasteiger partial charge in [0.15, 0.2) is 11.5 Å². The van der Waals surface area contributed by atoms with Crippen LogP contribution in [0.1, 0.15) is 24.5 Å². The van der Waals surface area contributed by atoms with Crippen LogP contribution in [0.4, 0.5) is 0 Å². The normalized spacial score (nSPS) is 10.2.